The van der Waals surface area contributed by atoms with Crippen LogP contribution < -0.4 is 20.5 Å². The minimum Gasteiger partial charge on any atom is -0.493 e. The van der Waals surface area contributed by atoms with Crippen molar-refractivity contribution in [2.24, 2.45) is 5.73 Å². The number of benzene rings is 1. The normalized spacial score (nSPS) is 10.1. The average molecular weight is 260 g/mol. The molecule has 1 aromatic rings. The van der Waals surface area contributed by atoms with Crippen LogP contribution in [0.1, 0.15) is 5.56 Å². The molecule has 4 N–H and O–H groups in total. The van der Waals surface area contributed by atoms with Gasteiger partial charge in [-0.2, -0.15) is 0 Å². The van der Waals surface area contributed by atoms with Gasteiger partial charge in [-0.3, -0.25) is 4.79 Å². The number of amides is 1. The third-order valence-electron chi connectivity index (χ3n) is 2.09. The lowest BCUT2D eigenvalue weighted by Gasteiger charge is -2.12. The van der Waals surface area contributed by atoms with Gasteiger partial charge in [-0.25, -0.2) is 0 Å². The van der Waals surface area contributed by atoms with E-state index < -0.39 is 5.91 Å². The molecule has 6 heteroatoms. The summed E-state index contributed by atoms with van der Waals surface area (Å²) < 4.78 is 10.4. The molecule has 0 heterocycles. The molecule has 0 aliphatic carbocycles. The van der Waals surface area contributed by atoms with Crippen LogP contribution in [0.15, 0.2) is 12.1 Å². The van der Waals surface area contributed by atoms with Gasteiger partial charge in [-0.1, -0.05) is 11.6 Å². The number of methoxy groups -OCH3 is 1. The van der Waals surface area contributed by atoms with Crippen LogP contribution in [0, 0.1) is 0 Å². The summed E-state index contributed by atoms with van der Waals surface area (Å²) in [4.78, 5) is 10.7. The molecule has 0 unspecified atom stereocenters. The summed E-state index contributed by atoms with van der Waals surface area (Å²) in [6, 6.07) is 3.60. The summed E-state index contributed by atoms with van der Waals surface area (Å²) >= 11 is 6.06. The largest absolute Gasteiger partial charge is 0.493 e. The highest BCUT2D eigenvalue weighted by Crippen LogP contribution is 2.36. The standard InChI is InChI=1S/C11H15ClN2O3/c1-14-5-7-3-8(12)11(9(4-7)16-2)17-6-10(13)15/h3-4,14H,5-6H2,1-2H3,(H2,13,15)/p+1. The molecule has 94 valence electrons. The highest BCUT2D eigenvalue weighted by molar-refractivity contribution is 6.32. The second-order valence-electron chi connectivity index (χ2n) is 3.48. The molecule has 1 amide bonds. The third-order valence-corrected chi connectivity index (χ3v) is 2.37. The zero-order valence-corrected chi connectivity index (χ0v) is 10.6. The highest BCUT2D eigenvalue weighted by Gasteiger charge is 2.13. The van der Waals surface area contributed by atoms with Gasteiger partial charge >= 0.3 is 0 Å². The van der Waals surface area contributed by atoms with E-state index in [0.29, 0.717) is 16.5 Å². The fraction of sp³-hybridized carbons (Fsp3) is 0.364. The minimum atomic E-state index is -0.561. The van der Waals surface area contributed by atoms with Crippen LogP contribution in [-0.2, 0) is 11.3 Å². The van der Waals surface area contributed by atoms with Crippen molar-refractivity contribution in [2.45, 2.75) is 6.54 Å². The Kier molecular flexibility index (Phi) is 5.06. The molecule has 17 heavy (non-hydrogen) atoms. The van der Waals surface area contributed by atoms with Crippen LogP contribution in [0.4, 0.5) is 0 Å². The molecular formula is C11H16ClN2O3+. The van der Waals surface area contributed by atoms with E-state index >= 15 is 0 Å². The first-order valence-electron chi connectivity index (χ1n) is 5.13. The first kappa shape index (κ1) is 13.6. The van der Waals surface area contributed by atoms with E-state index in [-0.39, 0.29) is 6.61 Å². The van der Waals surface area contributed by atoms with Crippen molar-refractivity contribution in [3.8, 4) is 11.5 Å². The van der Waals surface area contributed by atoms with Crippen molar-refractivity contribution in [3.05, 3.63) is 22.7 Å². The number of nitrogens with two attached hydrogens (primary N) is 2. The minimum absolute atomic E-state index is 0.227. The average Bonchev–Trinajstić information content (AvgIpc) is 2.27. The molecule has 0 spiro atoms. The van der Waals surface area contributed by atoms with Crippen molar-refractivity contribution < 1.29 is 19.6 Å². The van der Waals surface area contributed by atoms with Gasteiger partial charge in [0, 0.05) is 5.56 Å². The summed E-state index contributed by atoms with van der Waals surface area (Å²) in [5.74, 6) is 0.275. The Balaban J connectivity index is 2.98. The molecular weight excluding hydrogens is 244 g/mol. The predicted molar refractivity (Wildman–Crippen MR) is 64.2 cm³/mol. The molecule has 0 saturated heterocycles. The number of rotatable bonds is 6. The summed E-state index contributed by atoms with van der Waals surface area (Å²) in [6.45, 7) is 0.557. The van der Waals surface area contributed by atoms with Crippen LogP contribution in [0.5, 0.6) is 11.5 Å². The molecule has 0 aliphatic rings. The van der Waals surface area contributed by atoms with E-state index in [4.69, 9.17) is 26.8 Å². The summed E-state index contributed by atoms with van der Waals surface area (Å²) in [7, 11) is 3.47. The Labute approximate surface area is 105 Å². The smallest absolute Gasteiger partial charge is 0.255 e. The number of carbonyl (C=O) groups excluding carboxylic acids is 1. The molecule has 0 atom stereocenters. The molecule has 0 aromatic heterocycles. The monoisotopic (exact) mass is 259 g/mol. The number of hydrogen-bond acceptors (Lipinski definition) is 3. The van der Waals surface area contributed by atoms with Crippen molar-refractivity contribution in [2.75, 3.05) is 20.8 Å². The van der Waals surface area contributed by atoms with E-state index in [0.717, 1.165) is 12.1 Å². The summed E-state index contributed by atoms with van der Waals surface area (Å²) in [5, 5.41) is 2.41. The van der Waals surface area contributed by atoms with Crippen LogP contribution in [0.2, 0.25) is 5.02 Å². The highest BCUT2D eigenvalue weighted by atomic mass is 35.5. The number of ether oxygens (including phenoxy) is 2. The van der Waals surface area contributed by atoms with E-state index in [2.05, 4.69) is 0 Å². The Morgan fingerprint density at radius 2 is 2.24 bits per heavy atom. The Morgan fingerprint density at radius 1 is 1.53 bits per heavy atom. The Morgan fingerprint density at radius 3 is 2.76 bits per heavy atom. The van der Waals surface area contributed by atoms with Crippen molar-refractivity contribution in [1.29, 1.82) is 0 Å². The van der Waals surface area contributed by atoms with Gasteiger partial charge in [-0.15, -0.1) is 0 Å². The van der Waals surface area contributed by atoms with E-state index in [1.54, 1.807) is 6.07 Å². The maximum absolute atomic E-state index is 10.7. The maximum Gasteiger partial charge on any atom is 0.255 e. The second kappa shape index (κ2) is 6.32. The second-order valence-corrected chi connectivity index (χ2v) is 3.88. The first-order chi connectivity index (χ1) is 8.08. The van der Waals surface area contributed by atoms with Crippen LogP contribution in [-0.4, -0.2) is 26.7 Å². The molecule has 5 nitrogen and oxygen atoms in total. The number of primary amides is 1. The summed E-state index contributed by atoms with van der Waals surface area (Å²) in [5.41, 5.74) is 6.02. The number of quaternary nitrogens is 1. The van der Waals surface area contributed by atoms with Gasteiger partial charge in [0.15, 0.2) is 18.1 Å². The fourth-order valence-electron chi connectivity index (χ4n) is 1.41. The fourth-order valence-corrected chi connectivity index (χ4v) is 1.70. The van der Waals surface area contributed by atoms with Crippen LogP contribution in [0.3, 0.4) is 0 Å². The van der Waals surface area contributed by atoms with Gasteiger partial charge in [0.25, 0.3) is 5.91 Å². The zero-order chi connectivity index (χ0) is 12.8. The molecule has 0 saturated carbocycles. The maximum atomic E-state index is 10.7. The topological polar surface area (TPSA) is 78.2 Å². The van der Waals surface area contributed by atoms with Gasteiger partial charge < -0.3 is 20.5 Å². The quantitative estimate of drug-likeness (QED) is 0.749. The zero-order valence-electron chi connectivity index (χ0n) is 9.83. The molecule has 0 fully saturated rings. The number of carbonyl (C=O) groups is 1. The lowest BCUT2D eigenvalue weighted by molar-refractivity contribution is -0.643. The van der Waals surface area contributed by atoms with Gasteiger partial charge in [0.05, 0.1) is 19.2 Å². The predicted octanol–water partition coefficient (Wildman–Crippen LogP) is -0.0941. The van der Waals surface area contributed by atoms with Crippen LogP contribution >= 0.6 is 11.6 Å². The molecule has 0 radical (unpaired) electrons. The van der Waals surface area contributed by atoms with E-state index in [9.17, 15) is 4.79 Å². The van der Waals surface area contributed by atoms with Crippen molar-refractivity contribution >= 4 is 17.5 Å². The Bertz CT molecular complexity index is 410. The first-order valence-corrected chi connectivity index (χ1v) is 5.51. The lowest BCUT2D eigenvalue weighted by Crippen LogP contribution is -2.77. The van der Waals surface area contributed by atoms with Gasteiger partial charge in [0.2, 0.25) is 0 Å². The van der Waals surface area contributed by atoms with Gasteiger partial charge in [0.1, 0.15) is 6.54 Å². The van der Waals surface area contributed by atoms with E-state index in [1.807, 2.05) is 18.4 Å². The number of hydrogen-bond donors (Lipinski definition) is 2. The third kappa shape index (κ3) is 3.80. The summed E-state index contributed by atoms with van der Waals surface area (Å²) in [6.07, 6.45) is 0. The SMILES string of the molecule is C[NH2+]Cc1cc(Cl)c(OCC(N)=O)c(OC)c1. The molecule has 0 bridgehead atoms. The van der Waals surface area contributed by atoms with Crippen LogP contribution in [0.25, 0.3) is 0 Å². The van der Waals surface area contributed by atoms with Crippen molar-refractivity contribution in [3.63, 3.8) is 0 Å². The Hall–Kier alpha value is -1.46. The molecule has 1 aromatic carbocycles. The molecule has 1 rings (SSSR count). The van der Waals surface area contributed by atoms with Gasteiger partial charge in [-0.05, 0) is 12.1 Å². The number of halogens is 1. The van der Waals surface area contributed by atoms with E-state index in [1.165, 1.54) is 7.11 Å². The van der Waals surface area contributed by atoms with Crippen molar-refractivity contribution in [1.82, 2.24) is 0 Å². The lowest BCUT2D eigenvalue weighted by atomic mass is 10.2. The molecule has 0 aliphatic heterocycles.